The van der Waals surface area contributed by atoms with Crippen LogP contribution in [0, 0.1) is 5.92 Å². The Labute approximate surface area is 209 Å². The molecular formula is C25H32N4O5S. The molecule has 2 heterocycles. The first-order valence-corrected chi connectivity index (χ1v) is 12.6. The summed E-state index contributed by atoms with van der Waals surface area (Å²) in [5, 5.41) is 7.96. The number of benzene rings is 1. The van der Waals surface area contributed by atoms with Gasteiger partial charge in [-0.1, -0.05) is 44.2 Å². The van der Waals surface area contributed by atoms with Gasteiger partial charge < -0.3 is 20.7 Å². The zero-order valence-corrected chi connectivity index (χ0v) is 20.9. The summed E-state index contributed by atoms with van der Waals surface area (Å²) in [5.74, 6) is -1.84. The van der Waals surface area contributed by atoms with Crippen LogP contribution in [0.4, 0.5) is 4.79 Å². The molecule has 0 saturated heterocycles. The summed E-state index contributed by atoms with van der Waals surface area (Å²) in [4.78, 5) is 51.8. The van der Waals surface area contributed by atoms with E-state index in [-0.39, 0.29) is 18.9 Å². The number of fused-ring (bicyclic) bond motifs is 1. The lowest BCUT2D eigenvalue weighted by atomic mass is 10.0. The largest absolute Gasteiger partial charge is 0.445 e. The molecular weight excluding hydrogens is 468 g/mol. The van der Waals surface area contributed by atoms with E-state index in [1.54, 1.807) is 0 Å². The van der Waals surface area contributed by atoms with E-state index in [1.165, 1.54) is 11.5 Å². The number of ketones is 1. The summed E-state index contributed by atoms with van der Waals surface area (Å²) >= 11 is 1.37. The zero-order chi connectivity index (χ0) is 25.2. The number of nitrogens with one attached hydrogen (secondary N) is 3. The molecule has 0 radical (unpaired) electrons. The number of amides is 3. The van der Waals surface area contributed by atoms with E-state index in [9.17, 15) is 19.2 Å². The van der Waals surface area contributed by atoms with Gasteiger partial charge in [0.05, 0.1) is 6.04 Å². The van der Waals surface area contributed by atoms with E-state index >= 15 is 0 Å². The summed E-state index contributed by atoms with van der Waals surface area (Å²) in [7, 11) is 0. The van der Waals surface area contributed by atoms with Crippen molar-refractivity contribution in [3.63, 3.8) is 0 Å². The van der Waals surface area contributed by atoms with Crippen LogP contribution in [-0.2, 0) is 38.6 Å². The lowest BCUT2D eigenvalue weighted by molar-refractivity contribution is -0.140. The molecule has 1 aliphatic rings. The molecule has 0 fully saturated rings. The molecule has 1 aliphatic heterocycles. The average Bonchev–Trinajstić information content (AvgIpc) is 3.28. The van der Waals surface area contributed by atoms with Crippen molar-refractivity contribution in [2.75, 3.05) is 6.54 Å². The molecule has 1 aromatic carbocycles. The van der Waals surface area contributed by atoms with Gasteiger partial charge in [-0.3, -0.25) is 14.4 Å². The van der Waals surface area contributed by atoms with E-state index in [2.05, 4.69) is 20.3 Å². The first kappa shape index (κ1) is 26.3. The predicted octanol–water partition coefficient (Wildman–Crippen LogP) is 2.53. The summed E-state index contributed by atoms with van der Waals surface area (Å²) in [6, 6.07) is 7.30. The normalized spacial score (nSPS) is 17.5. The highest BCUT2D eigenvalue weighted by molar-refractivity contribution is 7.05. The number of ether oxygens (including phenoxy) is 1. The van der Waals surface area contributed by atoms with E-state index in [4.69, 9.17) is 4.74 Å². The van der Waals surface area contributed by atoms with Gasteiger partial charge in [0.25, 0.3) is 5.91 Å². The third kappa shape index (κ3) is 8.17. The van der Waals surface area contributed by atoms with Crippen LogP contribution in [0.3, 0.4) is 0 Å². The molecule has 2 atom stereocenters. The fourth-order valence-electron chi connectivity index (χ4n) is 3.85. The smallest absolute Gasteiger partial charge is 0.408 e. The van der Waals surface area contributed by atoms with Gasteiger partial charge in [0.15, 0.2) is 0 Å². The Bertz CT molecular complexity index is 1020. The van der Waals surface area contributed by atoms with Crippen LogP contribution < -0.4 is 16.0 Å². The topological polar surface area (TPSA) is 126 Å². The average molecular weight is 501 g/mol. The van der Waals surface area contributed by atoms with Crippen LogP contribution in [0.2, 0.25) is 0 Å². The Kier molecular flexibility index (Phi) is 9.77. The molecule has 0 saturated carbocycles. The highest BCUT2D eigenvalue weighted by Gasteiger charge is 2.31. The number of aryl methyl sites for hydroxylation is 2. The molecule has 3 rings (SSSR count). The molecule has 3 amide bonds. The molecule has 2 aromatic rings. The van der Waals surface area contributed by atoms with E-state index in [0.717, 1.165) is 22.4 Å². The van der Waals surface area contributed by atoms with Crippen molar-refractivity contribution in [1.29, 1.82) is 0 Å². The Morgan fingerprint density at radius 3 is 2.71 bits per heavy atom. The number of aromatic nitrogens is 1. The monoisotopic (exact) mass is 500 g/mol. The number of hydrogen-bond donors (Lipinski definition) is 3. The van der Waals surface area contributed by atoms with Crippen molar-refractivity contribution in [2.24, 2.45) is 5.92 Å². The number of rotatable bonds is 7. The van der Waals surface area contributed by atoms with Crippen LogP contribution in [0.25, 0.3) is 0 Å². The van der Waals surface area contributed by atoms with Gasteiger partial charge >= 0.3 is 6.09 Å². The first-order chi connectivity index (χ1) is 16.8. The van der Waals surface area contributed by atoms with Crippen molar-refractivity contribution in [1.82, 2.24) is 20.3 Å². The Balaban J connectivity index is 1.67. The van der Waals surface area contributed by atoms with Crippen molar-refractivity contribution in [3.8, 4) is 0 Å². The minimum Gasteiger partial charge on any atom is -0.445 e. The number of nitrogens with zero attached hydrogens (tertiary/aromatic N) is 1. The van der Waals surface area contributed by atoms with Gasteiger partial charge in [0.2, 0.25) is 11.7 Å². The molecule has 35 heavy (non-hydrogen) atoms. The van der Waals surface area contributed by atoms with Crippen LogP contribution in [0.5, 0.6) is 0 Å². The molecule has 1 aromatic heterocycles. The molecule has 0 spiro atoms. The standard InChI is InChI=1S/C25H32N4O5S/c1-16(2)13-20(29-25(33)34-15-17-7-4-3-5-8-17)23(31)28-19-10-11-21-18(14-27-35-21)9-6-12-26-24(32)22(19)30/h3-5,7-8,14,16,19-20H,6,9-13,15H2,1-2H3,(H,26,32)(H,28,31)(H,29,33). The quantitative estimate of drug-likeness (QED) is 0.502. The summed E-state index contributed by atoms with van der Waals surface area (Å²) < 4.78 is 9.51. The highest BCUT2D eigenvalue weighted by Crippen LogP contribution is 2.19. The maximum atomic E-state index is 13.1. The number of Topliss-reactive ketones (excluding diaryl/α,β-unsaturated/α-hetero) is 1. The minimum absolute atomic E-state index is 0.0706. The fraction of sp³-hybridized carbons (Fsp3) is 0.480. The second-order valence-electron chi connectivity index (χ2n) is 8.99. The van der Waals surface area contributed by atoms with Gasteiger partial charge in [0.1, 0.15) is 12.6 Å². The number of carbonyl (C=O) groups excluding carboxylic acids is 4. The van der Waals surface area contributed by atoms with Gasteiger partial charge in [-0.25, -0.2) is 9.17 Å². The number of alkyl carbamates (subject to hydrolysis) is 1. The number of carbonyl (C=O) groups is 4. The lowest BCUT2D eigenvalue weighted by Crippen LogP contribution is -2.54. The summed E-state index contributed by atoms with van der Waals surface area (Å²) in [6.45, 7) is 4.29. The third-order valence-corrected chi connectivity index (χ3v) is 6.58. The molecule has 10 heteroatoms. The maximum Gasteiger partial charge on any atom is 0.408 e. The molecule has 0 aliphatic carbocycles. The van der Waals surface area contributed by atoms with Gasteiger partial charge in [-0.15, -0.1) is 0 Å². The maximum absolute atomic E-state index is 13.1. The van der Waals surface area contributed by atoms with Crippen LogP contribution in [-0.4, -0.2) is 46.7 Å². The molecule has 9 nitrogen and oxygen atoms in total. The Morgan fingerprint density at radius 1 is 1.20 bits per heavy atom. The van der Waals surface area contributed by atoms with Crippen molar-refractivity contribution < 1.29 is 23.9 Å². The van der Waals surface area contributed by atoms with Gasteiger partial charge in [-0.05, 0) is 60.7 Å². The van der Waals surface area contributed by atoms with Crippen molar-refractivity contribution in [3.05, 3.63) is 52.5 Å². The van der Waals surface area contributed by atoms with E-state index < -0.39 is 35.8 Å². The van der Waals surface area contributed by atoms with E-state index in [1.807, 2.05) is 50.4 Å². The highest BCUT2D eigenvalue weighted by atomic mass is 32.1. The molecule has 0 bridgehead atoms. The summed E-state index contributed by atoms with van der Waals surface area (Å²) in [6.07, 6.45) is 3.69. The second-order valence-corrected chi connectivity index (χ2v) is 9.87. The van der Waals surface area contributed by atoms with Gasteiger partial charge in [-0.2, -0.15) is 0 Å². The van der Waals surface area contributed by atoms with E-state index in [0.29, 0.717) is 25.8 Å². The minimum atomic E-state index is -1.01. The lowest BCUT2D eigenvalue weighted by Gasteiger charge is -2.23. The van der Waals surface area contributed by atoms with Crippen molar-refractivity contribution >= 4 is 35.2 Å². The SMILES string of the molecule is CC(C)CC(NC(=O)OCc1ccccc1)C(=O)NC1CCc2sncc2CCCNC(=O)C1=O. The molecule has 2 unspecified atom stereocenters. The zero-order valence-electron chi connectivity index (χ0n) is 20.0. The Hall–Kier alpha value is -3.27. The van der Waals surface area contributed by atoms with Crippen LogP contribution in [0.15, 0.2) is 36.5 Å². The van der Waals surface area contributed by atoms with Crippen LogP contribution in [0.1, 0.15) is 49.1 Å². The number of hydrogen-bond acceptors (Lipinski definition) is 7. The Morgan fingerprint density at radius 2 is 1.97 bits per heavy atom. The molecule has 188 valence electrons. The second kappa shape index (κ2) is 13.0. The first-order valence-electron chi connectivity index (χ1n) is 11.9. The van der Waals surface area contributed by atoms with Gasteiger partial charge in [0, 0.05) is 17.6 Å². The predicted molar refractivity (Wildman–Crippen MR) is 132 cm³/mol. The third-order valence-electron chi connectivity index (χ3n) is 5.68. The van der Waals surface area contributed by atoms with Crippen LogP contribution >= 0.6 is 11.5 Å². The molecule has 3 N–H and O–H groups in total. The fourth-order valence-corrected chi connectivity index (χ4v) is 4.64. The summed E-state index contributed by atoms with van der Waals surface area (Å²) in [5.41, 5.74) is 1.92. The van der Waals surface area contributed by atoms with Crippen molar-refractivity contribution in [2.45, 2.75) is 64.6 Å².